The van der Waals surface area contributed by atoms with E-state index < -0.39 is 11.6 Å². The van der Waals surface area contributed by atoms with Crippen LogP contribution in [0.2, 0.25) is 5.02 Å². The Bertz CT molecular complexity index is 888. The SMILES string of the molecule is Fc1cc2[nH]c(=S)n(-c3ccc(Cl)cc3F)c2cc1Br. The van der Waals surface area contributed by atoms with Crippen LogP contribution in [0.5, 0.6) is 0 Å². The maximum Gasteiger partial charge on any atom is 0.182 e. The van der Waals surface area contributed by atoms with Crippen LogP contribution in [0.15, 0.2) is 34.8 Å². The minimum Gasteiger partial charge on any atom is -0.330 e. The van der Waals surface area contributed by atoms with Gasteiger partial charge < -0.3 is 4.98 Å². The highest BCUT2D eigenvalue weighted by Crippen LogP contribution is 2.27. The lowest BCUT2D eigenvalue weighted by Gasteiger charge is -2.07. The van der Waals surface area contributed by atoms with Crippen molar-refractivity contribution in [2.45, 2.75) is 0 Å². The predicted molar refractivity (Wildman–Crippen MR) is 81.1 cm³/mol. The Kier molecular flexibility index (Phi) is 3.40. The van der Waals surface area contributed by atoms with Crippen LogP contribution in [-0.2, 0) is 0 Å². The first kappa shape index (κ1) is 13.7. The van der Waals surface area contributed by atoms with Gasteiger partial charge in [0, 0.05) is 11.1 Å². The van der Waals surface area contributed by atoms with E-state index in [9.17, 15) is 8.78 Å². The van der Waals surface area contributed by atoms with Crippen molar-refractivity contribution < 1.29 is 8.78 Å². The molecule has 2 nitrogen and oxygen atoms in total. The van der Waals surface area contributed by atoms with E-state index in [0.29, 0.717) is 16.1 Å². The fraction of sp³-hybridized carbons (Fsp3) is 0. The summed E-state index contributed by atoms with van der Waals surface area (Å²) >= 11 is 14.0. The largest absolute Gasteiger partial charge is 0.330 e. The number of aromatic amines is 1. The molecule has 20 heavy (non-hydrogen) atoms. The predicted octanol–water partition coefficient (Wildman–Crippen LogP) is 5.38. The van der Waals surface area contributed by atoms with Gasteiger partial charge in [0.05, 0.1) is 21.2 Å². The van der Waals surface area contributed by atoms with E-state index in [1.54, 1.807) is 12.1 Å². The zero-order chi connectivity index (χ0) is 14.4. The number of H-pyrrole nitrogens is 1. The Balaban J connectivity index is 2.39. The fourth-order valence-corrected chi connectivity index (χ4v) is 2.80. The van der Waals surface area contributed by atoms with Gasteiger partial charge in [0.25, 0.3) is 0 Å². The molecule has 3 rings (SSSR count). The highest BCUT2D eigenvalue weighted by molar-refractivity contribution is 9.10. The third-order valence-electron chi connectivity index (χ3n) is 2.87. The van der Waals surface area contributed by atoms with Crippen LogP contribution in [-0.4, -0.2) is 9.55 Å². The number of hydrogen-bond acceptors (Lipinski definition) is 1. The maximum atomic E-state index is 14.1. The Labute approximate surface area is 131 Å². The van der Waals surface area contributed by atoms with Gasteiger partial charge in [0.15, 0.2) is 4.77 Å². The van der Waals surface area contributed by atoms with Crippen molar-refractivity contribution >= 4 is 50.8 Å². The van der Waals surface area contributed by atoms with Crippen LogP contribution < -0.4 is 0 Å². The molecule has 0 amide bonds. The molecule has 0 atom stereocenters. The second kappa shape index (κ2) is 4.95. The maximum absolute atomic E-state index is 14.1. The topological polar surface area (TPSA) is 20.7 Å². The molecule has 1 aromatic heterocycles. The van der Waals surface area contributed by atoms with Crippen molar-refractivity contribution in [3.05, 3.63) is 56.2 Å². The summed E-state index contributed by atoms with van der Waals surface area (Å²) in [6, 6.07) is 7.15. The minimum atomic E-state index is -0.505. The molecule has 0 unspecified atom stereocenters. The zero-order valence-corrected chi connectivity index (χ0v) is 12.9. The lowest BCUT2D eigenvalue weighted by Crippen LogP contribution is -1.97. The van der Waals surface area contributed by atoms with E-state index in [-0.39, 0.29) is 14.9 Å². The number of fused-ring (bicyclic) bond motifs is 1. The molecule has 3 aromatic rings. The molecule has 0 saturated carbocycles. The summed E-state index contributed by atoms with van der Waals surface area (Å²) in [6.45, 7) is 0. The quantitative estimate of drug-likeness (QED) is 0.566. The average molecular weight is 376 g/mol. The third kappa shape index (κ3) is 2.17. The molecule has 0 radical (unpaired) electrons. The summed E-state index contributed by atoms with van der Waals surface area (Å²) in [4.78, 5) is 2.85. The lowest BCUT2D eigenvalue weighted by atomic mass is 10.2. The van der Waals surface area contributed by atoms with Gasteiger partial charge in [-0.25, -0.2) is 8.78 Å². The molecular weight excluding hydrogens is 370 g/mol. The summed E-state index contributed by atoms with van der Waals surface area (Å²) in [5.74, 6) is -0.924. The van der Waals surface area contributed by atoms with Crippen LogP contribution in [0.3, 0.4) is 0 Å². The lowest BCUT2D eigenvalue weighted by molar-refractivity contribution is 0.618. The molecule has 102 valence electrons. The highest BCUT2D eigenvalue weighted by atomic mass is 79.9. The molecular formula is C13H6BrClF2N2S. The van der Waals surface area contributed by atoms with E-state index in [1.807, 2.05) is 0 Å². The van der Waals surface area contributed by atoms with Gasteiger partial charge in [-0.2, -0.15) is 0 Å². The molecule has 2 aromatic carbocycles. The van der Waals surface area contributed by atoms with Crippen molar-refractivity contribution in [1.82, 2.24) is 9.55 Å². The van der Waals surface area contributed by atoms with Gasteiger partial charge in [-0.1, -0.05) is 11.6 Å². The molecule has 0 aliphatic heterocycles. The highest BCUT2D eigenvalue weighted by Gasteiger charge is 2.13. The number of aromatic nitrogens is 2. The monoisotopic (exact) mass is 374 g/mol. The summed E-state index contributed by atoms with van der Waals surface area (Å²) in [6.07, 6.45) is 0. The summed E-state index contributed by atoms with van der Waals surface area (Å²) in [5.41, 5.74) is 1.32. The van der Waals surface area contributed by atoms with Crippen molar-refractivity contribution in [1.29, 1.82) is 0 Å². The number of nitrogens with zero attached hydrogens (tertiary/aromatic N) is 1. The van der Waals surface area contributed by atoms with E-state index in [0.717, 1.165) is 0 Å². The Morgan fingerprint density at radius 2 is 1.90 bits per heavy atom. The van der Waals surface area contributed by atoms with Crippen LogP contribution >= 0.6 is 39.7 Å². The van der Waals surface area contributed by atoms with Crippen LogP contribution in [0, 0.1) is 16.4 Å². The first-order chi connectivity index (χ1) is 9.47. The van der Waals surface area contributed by atoms with E-state index >= 15 is 0 Å². The van der Waals surface area contributed by atoms with Crippen LogP contribution in [0.25, 0.3) is 16.7 Å². The van der Waals surface area contributed by atoms with Crippen molar-refractivity contribution in [2.75, 3.05) is 0 Å². The number of hydrogen-bond donors (Lipinski definition) is 1. The fourth-order valence-electron chi connectivity index (χ4n) is 2.00. The van der Waals surface area contributed by atoms with E-state index in [1.165, 1.54) is 22.8 Å². The van der Waals surface area contributed by atoms with Gasteiger partial charge in [0.1, 0.15) is 11.6 Å². The molecule has 1 N–H and O–H groups in total. The molecule has 0 fully saturated rings. The third-order valence-corrected chi connectivity index (χ3v) is 4.00. The molecule has 0 bridgehead atoms. The minimum absolute atomic E-state index is 0.254. The normalized spacial score (nSPS) is 11.2. The van der Waals surface area contributed by atoms with Crippen molar-refractivity contribution in [3.8, 4) is 5.69 Å². The first-order valence-electron chi connectivity index (χ1n) is 5.52. The Morgan fingerprint density at radius 3 is 2.60 bits per heavy atom. The van der Waals surface area contributed by atoms with Gasteiger partial charge in [-0.15, -0.1) is 0 Å². The molecule has 0 aliphatic rings. The standard InChI is InChI=1S/C13H6BrClF2N2S/c14-7-4-12-10(5-8(7)16)18-13(20)19(12)11-2-1-6(15)3-9(11)17/h1-5H,(H,18,20). The second-order valence-electron chi connectivity index (χ2n) is 4.14. The first-order valence-corrected chi connectivity index (χ1v) is 7.10. The molecule has 1 heterocycles. The van der Waals surface area contributed by atoms with E-state index in [4.69, 9.17) is 23.8 Å². The second-order valence-corrected chi connectivity index (χ2v) is 5.82. The van der Waals surface area contributed by atoms with Crippen molar-refractivity contribution in [2.24, 2.45) is 0 Å². The van der Waals surface area contributed by atoms with Crippen molar-refractivity contribution in [3.63, 3.8) is 0 Å². The number of halogens is 4. The van der Waals surface area contributed by atoms with Crippen LogP contribution in [0.4, 0.5) is 8.78 Å². The molecule has 0 spiro atoms. The van der Waals surface area contributed by atoms with Gasteiger partial charge in [-0.3, -0.25) is 4.57 Å². The Hall–Kier alpha value is -1.24. The average Bonchev–Trinajstić information content (AvgIpc) is 2.66. The zero-order valence-electron chi connectivity index (χ0n) is 9.75. The molecule has 0 aliphatic carbocycles. The van der Waals surface area contributed by atoms with Gasteiger partial charge in [0.2, 0.25) is 0 Å². The summed E-state index contributed by atoms with van der Waals surface area (Å²) < 4.78 is 29.6. The number of nitrogens with one attached hydrogen (secondary N) is 1. The number of imidazole rings is 1. The summed E-state index contributed by atoms with van der Waals surface area (Å²) in [5, 5.41) is 0.296. The molecule has 0 saturated heterocycles. The smallest absolute Gasteiger partial charge is 0.182 e. The van der Waals surface area contributed by atoms with Gasteiger partial charge in [-0.05, 0) is 52.4 Å². The number of benzene rings is 2. The van der Waals surface area contributed by atoms with Gasteiger partial charge >= 0.3 is 0 Å². The number of rotatable bonds is 1. The van der Waals surface area contributed by atoms with Crippen LogP contribution in [0.1, 0.15) is 0 Å². The van der Waals surface area contributed by atoms with E-state index in [2.05, 4.69) is 20.9 Å². The summed E-state index contributed by atoms with van der Waals surface area (Å²) in [7, 11) is 0. The Morgan fingerprint density at radius 1 is 1.15 bits per heavy atom. The molecule has 7 heteroatoms.